The number of hydrogen-bond donors (Lipinski definition) is 1. The van der Waals surface area contributed by atoms with Crippen LogP contribution >= 0.6 is 0 Å². The average molecular weight is 273 g/mol. The van der Waals surface area contributed by atoms with E-state index >= 15 is 0 Å². The Morgan fingerprint density at radius 2 is 2.40 bits per heavy atom. The van der Waals surface area contributed by atoms with Gasteiger partial charge in [0, 0.05) is 25.2 Å². The van der Waals surface area contributed by atoms with Gasteiger partial charge < -0.3 is 10.1 Å². The Bertz CT molecular complexity index is 463. The highest BCUT2D eigenvalue weighted by Crippen LogP contribution is 2.12. The molecule has 0 aliphatic carbocycles. The molecule has 0 saturated carbocycles. The smallest absolute Gasteiger partial charge is 0.0991 e. The molecule has 4 heteroatoms. The van der Waals surface area contributed by atoms with Crippen molar-refractivity contribution in [3.63, 3.8) is 0 Å². The summed E-state index contributed by atoms with van der Waals surface area (Å²) < 4.78 is 5.49. The van der Waals surface area contributed by atoms with Crippen molar-refractivity contribution in [1.29, 1.82) is 5.26 Å². The van der Waals surface area contributed by atoms with Crippen LogP contribution in [0.2, 0.25) is 0 Å². The third kappa shape index (κ3) is 4.31. The van der Waals surface area contributed by atoms with Crippen molar-refractivity contribution < 1.29 is 4.74 Å². The van der Waals surface area contributed by atoms with E-state index in [9.17, 15) is 0 Å². The summed E-state index contributed by atoms with van der Waals surface area (Å²) in [6, 6.07) is 10.9. The second kappa shape index (κ2) is 7.39. The largest absolute Gasteiger partial charge is 0.379 e. The van der Waals surface area contributed by atoms with Crippen molar-refractivity contribution >= 4 is 0 Å². The van der Waals surface area contributed by atoms with Crippen LogP contribution in [0.5, 0.6) is 0 Å². The Morgan fingerprint density at radius 3 is 3.10 bits per heavy atom. The van der Waals surface area contributed by atoms with E-state index in [0.717, 1.165) is 38.3 Å². The normalized spacial score (nSPS) is 20.6. The van der Waals surface area contributed by atoms with Crippen LogP contribution < -0.4 is 5.32 Å². The molecule has 20 heavy (non-hydrogen) atoms. The molecule has 1 N–H and O–H groups in total. The average Bonchev–Trinajstić information content (AvgIpc) is 2.48. The van der Waals surface area contributed by atoms with E-state index in [1.807, 2.05) is 18.2 Å². The first-order chi connectivity index (χ1) is 9.69. The molecule has 1 saturated heterocycles. The van der Waals surface area contributed by atoms with Gasteiger partial charge in [0.05, 0.1) is 24.8 Å². The van der Waals surface area contributed by atoms with Crippen LogP contribution in [-0.4, -0.2) is 43.8 Å². The van der Waals surface area contributed by atoms with Gasteiger partial charge in [0.2, 0.25) is 0 Å². The van der Waals surface area contributed by atoms with Gasteiger partial charge in [-0.05, 0) is 38.1 Å². The number of nitrogens with zero attached hydrogens (tertiary/aromatic N) is 2. The second-order valence-electron chi connectivity index (χ2n) is 5.54. The van der Waals surface area contributed by atoms with E-state index < -0.39 is 0 Å². The van der Waals surface area contributed by atoms with Crippen LogP contribution in [0.15, 0.2) is 24.3 Å². The molecular formula is C16H23N3O. The lowest BCUT2D eigenvalue weighted by molar-refractivity contribution is 0.0638. The molecule has 0 radical (unpaired) electrons. The van der Waals surface area contributed by atoms with Crippen LogP contribution in [0.25, 0.3) is 0 Å². The Kier molecular flexibility index (Phi) is 5.54. The number of morpholine rings is 1. The van der Waals surface area contributed by atoms with Crippen molar-refractivity contribution in [3.05, 3.63) is 35.4 Å². The predicted octanol–water partition coefficient (Wildman–Crippen LogP) is 1.76. The van der Waals surface area contributed by atoms with Gasteiger partial charge in [0.25, 0.3) is 0 Å². The summed E-state index contributed by atoms with van der Waals surface area (Å²) >= 11 is 0. The van der Waals surface area contributed by atoms with Crippen molar-refractivity contribution in [1.82, 2.24) is 10.2 Å². The number of hydrogen-bond acceptors (Lipinski definition) is 4. The zero-order chi connectivity index (χ0) is 14.4. The summed E-state index contributed by atoms with van der Waals surface area (Å²) in [7, 11) is 2.13. The fraction of sp³-hybridized carbons (Fsp3) is 0.562. The fourth-order valence-electron chi connectivity index (χ4n) is 2.55. The lowest BCUT2D eigenvalue weighted by Gasteiger charge is -2.31. The summed E-state index contributed by atoms with van der Waals surface area (Å²) in [5, 5.41) is 12.4. The first-order valence-corrected chi connectivity index (χ1v) is 7.19. The summed E-state index contributed by atoms with van der Waals surface area (Å²) in [6.07, 6.45) is 1.08. The first-order valence-electron chi connectivity index (χ1n) is 7.19. The maximum absolute atomic E-state index is 8.94. The fourth-order valence-corrected chi connectivity index (χ4v) is 2.55. The molecule has 108 valence electrons. The van der Waals surface area contributed by atoms with Gasteiger partial charge in [-0.2, -0.15) is 5.26 Å². The zero-order valence-electron chi connectivity index (χ0n) is 12.3. The van der Waals surface area contributed by atoms with E-state index in [-0.39, 0.29) is 0 Å². The molecule has 4 nitrogen and oxygen atoms in total. The Morgan fingerprint density at radius 1 is 1.55 bits per heavy atom. The maximum Gasteiger partial charge on any atom is 0.0991 e. The van der Waals surface area contributed by atoms with Gasteiger partial charge in [-0.1, -0.05) is 12.1 Å². The van der Waals surface area contributed by atoms with E-state index in [2.05, 4.69) is 36.3 Å². The standard InChI is InChI=1S/C16H23N3O/c1-13(8-16-12-20-7-6-18-16)19(2)11-15-5-3-4-14(9-15)10-17/h3-5,9,13,16,18H,6-8,11-12H2,1-2H3. The number of nitriles is 1. The number of ether oxygens (including phenoxy) is 1. The lowest BCUT2D eigenvalue weighted by atomic mass is 10.1. The summed E-state index contributed by atoms with van der Waals surface area (Å²) in [5.41, 5.74) is 1.91. The Balaban J connectivity index is 1.86. The van der Waals surface area contributed by atoms with Crippen LogP contribution in [0.3, 0.4) is 0 Å². The molecule has 0 spiro atoms. The molecule has 2 atom stereocenters. The topological polar surface area (TPSA) is 48.3 Å². The van der Waals surface area contributed by atoms with Crippen LogP contribution in [-0.2, 0) is 11.3 Å². The molecule has 1 aromatic rings. The summed E-state index contributed by atoms with van der Waals surface area (Å²) in [5.74, 6) is 0. The van der Waals surface area contributed by atoms with Crippen LogP contribution in [0.4, 0.5) is 0 Å². The SMILES string of the molecule is CC(CC1COCCN1)N(C)Cc1cccc(C#N)c1. The quantitative estimate of drug-likeness (QED) is 0.888. The van der Waals surface area contributed by atoms with E-state index in [1.165, 1.54) is 5.56 Å². The number of benzene rings is 1. The van der Waals surface area contributed by atoms with Gasteiger partial charge in [-0.25, -0.2) is 0 Å². The molecule has 0 amide bonds. The van der Waals surface area contributed by atoms with Gasteiger partial charge in [0.15, 0.2) is 0 Å². The van der Waals surface area contributed by atoms with Gasteiger partial charge in [-0.3, -0.25) is 4.90 Å². The minimum atomic E-state index is 0.451. The molecule has 1 aliphatic rings. The maximum atomic E-state index is 8.94. The monoisotopic (exact) mass is 273 g/mol. The minimum Gasteiger partial charge on any atom is -0.379 e. The van der Waals surface area contributed by atoms with Crippen molar-refractivity contribution in [3.8, 4) is 6.07 Å². The van der Waals surface area contributed by atoms with Gasteiger partial charge >= 0.3 is 0 Å². The van der Waals surface area contributed by atoms with Crippen LogP contribution in [0.1, 0.15) is 24.5 Å². The molecule has 1 heterocycles. The molecule has 0 bridgehead atoms. The summed E-state index contributed by atoms with van der Waals surface area (Å²) in [6.45, 7) is 5.68. The molecule has 1 aromatic carbocycles. The Labute approximate surface area is 121 Å². The number of rotatable bonds is 5. The van der Waals surface area contributed by atoms with E-state index in [1.54, 1.807) is 0 Å². The lowest BCUT2D eigenvalue weighted by Crippen LogP contribution is -2.45. The highest BCUT2D eigenvalue weighted by molar-refractivity contribution is 5.32. The van der Waals surface area contributed by atoms with Crippen molar-refractivity contribution in [2.45, 2.75) is 32.0 Å². The predicted molar refractivity (Wildman–Crippen MR) is 79.3 cm³/mol. The zero-order valence-corrected chi connectivity index (χ0v) is 12.3. The highest BCUT2D eigenvalue weighted by atomic mass is 16.5. The van der Waals surface area contributed by atoms with Crippen molar-refractivity contribution in [2.24, 2.45) is 0 Å². The van der Waals surface area contributed by atoms with Crippen molar-refractivity contribution in [2.75, 3.05) is 26.8 Å². The first kappa shape index (κ1) is 15.0. The third-order valence-corrected chi connectivity index (χ3v) is 3.86. The molecule has 2 unspecified atom stereocenters. The number of nitrogens with one attached hydrogen (secondary N) is 1. The molecular weight excluding hydrogens is 250 g/mol. The van der Waals surface area contributed by atoms with E-state index in [0.29, 0.717) is 12.1 Å². The van der Waals surface area contributed by atoms with Crippen LogP contribution in [0, 0.1) is 11.3 Å². The highest BCUT2D eigenvalue weighted by Gasteiger charge is 2.18. The van der Waals surface area contributed by atoms with Gasteiger partial charge in [0.1, 0.15) is 0 Å². The molecule has 0 aromatic heterocycles. The molecule has 1 aliphatic heterocycles. The summed E-state index contributed by atoms with van der Waals surface area (Å²) in [4.78, 5) is 2.33. The molecule has 1 fully saturated rings. The Hall–Kier alpha value is -1.41. The third-order valence-electron chi connectivity index (χ3n) is 3.86. The van der Waals surface area contributed by atoms with E-state index in [4.69, 9.17) is 10.00 Å². The minimum absolute atomic E-state index is 0.451. The second-order valence-corrected chi connectivity index (χ2v) is 5.54. The molecule has 2 rings (SSSR count). The van der Waals surface area contributed by atoms with Gasteiger partial charge in [-0.15, -0.1) is 0 Å².